The molecule has 0 aliphatic heterocycles. The number of aromatic nitrogens is 1. The molecule has 2 atom stereocenters. The first-order chi connectivity index (χ1) is 25.4. The first-order valence-electron chi connectivity index (χ1n) is 17.2. The first-order valence-corrected chi connectivity index (χ1v) is 19.9. The maximum absolute atomic E-state index is 13.3. The van der Waals surface area contributed by atoms with Crippen LogP contribution in [0.1, 0.15) is 59.0 Å². The Kier molecular flexibility index (Phi) is 13.6. The maximum atomic E-state index is 13.3. The van der Waals surface area contributed by atoms with Crippen LogP contribution in [0.15, 0.2) is 90.3 Å². The smallest absolute Gasteiger partial charge is 0.412 e. The first kappa shape index (κ1) is 41.5. The van der Waals surface area contributed by atoms with E-state index in [9.17, 15) is 24.0 Å². The fourth-order valence-corrected chi connectivity index (χ4v) is 10.9. The van der Waals surface area contributed by atoms with Gasteiger partial charge in [-0.2, -0.15) is 0 Å². The zero-order chi connectivity index (χ0) is 39.7. The number of rotatable bonds is 13. The van der Waals surface area contributed by atoms with Crippen LogP contribution in [0.5, 0.6) is 0 Å². The highest BCUT2D eigenvalue weighted by atomic mass is 32.1. The molecule has 0 spiro atoms. The average molecular weight is 775 g/mol. The highest BCUT2D eigenvalue weighted by Gasteiger charge is 2.50. The molecule has 0 bridgehead atoms. The standard InChI is InChI=1S/C39H46N4O9SSi/c1-25(44)49-23-31(42-33(45)32-24-53-34(43-32)26-18-20-27(21-19-26)41-37(48)52-38(2,3)4)36(47)51-35(46)30(40)22-50-54(39(5,6)7,28-14-10-8-11-15-28)29-16-12-9-13-17-29/h8-21,24,30-31H,22-23,40H2,1-7H3,(H,41,48)(H,42,45)/t30-,31-/m0/s1. The zero-order valence-corrected chi connectivity index (χ0v) is 33.2. The Bertz CT molecular complexity index is 1890. The number of amides is 2. The third kappa shape index (κ3) is 10.9. The zero-order valence-electron chi connectivity index (χ0n) is 31.3. The highest BCUT2D eigenvalue weighted by molar-refractivity contribution is 7.13. The number of carbonyl (C=O) groups excluding carboxylic acids is 5. The van der Waals surface area contributed by atoms with Crippen molar-refractivity contribution >= 4 is 65.6 Å². The van der Waals surface area contributed by atoms with Gasteiger partial charge in [0.15, 0.2) is 6.04 Å². The third-order valence-corrected chi connectivity index (χ3v) is 13.9. The van der Waals surface area contributed by atoms with Gasteiger partial charge in [0.25, 0.3) is 14.2 Å². The van der Waals surface area contributed by atoms with E-state index in [1.807, 2.05) is 60.7 Å². The van der Waals surface area contributed by atoms with Crippen LogP contribution in [-0.4, -0.2) is 74.1 Å². The summed E-state index contributed by atoms with van der Waals surface area (Å²) in [6.45, 7) is 11.8. The molecule has 15 heteroatoms. The summed E-state index contributed by atoms with van der Waals surface area (Å²) in [4.78, 5) is 67.8. The van der Waals surface area contributed by atoms with Gasteiger partial charge < -0.3 is 29.7 Å². The molecule has 4 N–H and O–H groups in total. The Balaban J connectivity index is 1.44. The van der Waals surface area contributed by atoms with E-state index in [4.69, 9.17) is 24.4 Å². The van der Waals surface area contributed by atoms with Gasteiger partial charge in [0.05, 0.1) is 6.61 Å². The molecule has 0 saturated carbocycles. The van der Waals surface area contributed by atoms with Crippen molar-refractivity contribution in [2.75, 3.05) is 18.5 Å². The molecule has 0 unspecified atom stereocenters. The fourth-order valence-electron chi connectivity index (χ4n) is 5.52. The molecule has 0 fully saturated rings. The van der Waals surface area contributed by atoms with E-state index in [1.165, 1.54) is 16.7 Å². The minimum absolute atomic E-state index is 0.0340. The molecular formula is C39H46N4O9SSi. The van der Waals surface area contributed by atoms with E-state index in [0.29, 0.717) is 16.3 Å². The summed E-state index contributed by atoms with van der Waals surface area (Å²) >= 11 is 1.17. The molecule has 4 aromatic rings. The molecule has 1 aromatic heterocycles. The minimum Gasteiger partial charge on any atom is -0.463 e. The number of nitrogens with two attached hydrogens (primary N) is 1. The quantitative estimate of drug-likeness (QED) is 0.0734. The van der Waals surface area contributed by atoms with Gasteiger partial charge in [-0.3, -0.25) is 14.9 Å². The number of benzene rings is 3. The van der Waals surface area contributed by atoms with Crippen molar-refractivity contribution in [1.29, 1.82) is 0 Å². The van der Waals surface area contributed by atoms with E-state index in [1.54, 1.807) is 45.0 Å². The summed E-state index contributed by atoms with van der Waals surface area (Å²) in [5.74, 6) is -3.76. The van der Waals surface area contributed by atoms with Crippen LogP contribution >= 0.6 is 11.3 Å². The molecule has 0 aliphatic carbocycles. The van der Waals surface area contributed by atoms with Crippen LogP contribution < -0.4 is 26.7 Å². The monoisotopic (exact) mass is 774 g/mol. The molecule has 0 aliphatic rings. The summed E-state index contributed by atoms with van der Waals surface area (Å²) in [6.07, 6.45) is -0.599. The van der Waals surface area contributed by atoms with Crippen LogP contribution in [0.25, 0.3) is 10.6 Å². The Morgan fingerprint density at radius 3 is 1.91 bits per heavy atom. The van der Waals surface area contributed by atoms with Crippen LogP contribution in [0.2, 0.25) is 5.04 Å². The van der Waals surface area contributed by atoms with Gasteiger partial charge in [-0.15, -0.1) is 11.3 Å². The lowest BCUT2D eigenvalue weighted by atomic mass is 10.2. The number of ether oxygens (including phenoxy) is 3. The summed E-state index contributed by atoms with van der Waals surface area (Å²) in [7, 11) is -3.06. The van der Waals surface area contributed by atoms with Gasteiger partial charge >= 0.3 is 24.0 Å². The second-order valence-electron chi connectivity index (χ2n) is 14.4. The molecule has 2 amide bonds. The summed E-state index contributed by atoms with van der Waals surface area (Å²) < 4.78 is 22.1. The molecule has 54 heavy (non-hydrogen) atoms. The van der Waals surface area contributed by atoms with E-state index in [-0.39, 0.29) is 12.3 Å². The number of esters is 3. The number of hydrogen-bond acceptors (Lipinski definition) is 12. The molecule has 1 heterocycles. The molecule has 0 radical (unpaired) electrons. The lowest BCUT2D eigenvalue weighted by Crippen LogP contribution is -2.67. The number of nitrogens with zero attached hydrogens (tertiary/aromatic N) is 1. The summed E-state index contributed by atoms with van der Waals surface area (Å²) in [6, 6.07) is 23.3. The van der Waals surface area contributed by atoms with Gasteiger partial charge in [-0.25, -0.2) is 19.4 Å². The Morgan fingerprint density at radius 2 is 1.39 bits per heavy atom. The molecular weight excluding hydrogens is 729 g/mol. The van der Waals surface area contributed by atoms with E-state index >= 15 is 0 Å². The van der Waals surface area contributed by atoms with Crippen molar-refractivity contribution in [3.8, 4) is 10.6 Å². The minimum atomic E-state index is -3.06. The summed E-state index contributed by atoms with van der Waals surface area (Å²) in [5, 5.41) is 8.60. The van der Waals surface area contributed by atoms with Gasteiger partial charge in [0.2, 0.25) is 0 Å². The van der Waals surface area contributed by atoms with E-state index in [2.05, 4.69) is 36.4 Å². The van der Waals surface area contributed by atoms with Crippen LogP contribution in [0.4, 0.5) is 10.5 Å². The third-order valence-electron chi connectivity index (χ3n) is 7.96. The Labute approximate surface area is 319 Å². The summed E-state index contributed by atoms with van der Waals surface area (Å²) in [5.41, 5.74) is 6.73. The number of nitrogens with one attached hydrogen (secondary N) is 2. The van der Waals surface area contributed by atoms with Crippen LogP contribution in [0, 0.1) is 0 Å². The normalized spacial score (nSPS) is 12.9. The maximum Gasteiger partial charge on any atom is 0.412 e. The Hall–Kier alpha value is -5.22. The van der Waals surface area contributed by atoms with Gasteiger partial charge in [0.1, 0.15) is 29.0 Å². The molecule has 13 nitrogen and oxygen atoms in total. The number of carbonyl (C=O) groups is 5. The van der Waals surface area contributed by atoms with Crippen LogP contribution in [0.3, 0.4) is 0 Å². The predicted octanol–water partition coefficient (Wildman–Crippen LogP) is 4.79. The topological polar surface area (TPSA) is 185 Å². The second kappa shape index (κ2) is 17.7. The fraction of sp³-hybridized carbons (Fsp3) is 0.333. The van der Waals surface area contributed by atoms with Crippen molar-refractivity contribution in [3.63, 3.8) is 0 Å². The lowest BCUT2D eigenvalue weighted by Gasteiger charge is -2.43. The number of hydrogen-bond donors (Lipinski definition) is 3. The van der Waals surface area contributed by atoms with Crippen molar-refractivity contribution in [2.24, 2.45) is 5.73 Å². The van der Waals surface area contributed by atoms with Crippen molar-refractivity contribution < 1.29 is 42.6 Å². The molecule has 286 valence electrons. The average Bonchev–Trinajstić information content (AvgIpc) is 3.60. The second-order valence-corrected chi connectivity index (χ2v) is 19.6. The lowest BCUT2D eigenvalue weighted by molar-refractivity contribution is -0.163. The van der Waals surface area contributed by atoms with Crippen molar-refractivity contribution in [1.82, 2.24) is 10.3 Å². The molecule has 4 rings (SSSR count). The number of thiazole rings is 1. The highest BCUT2D eigenvalue weighted by Crippen LogP contribution is 2.36. The van der Waals surface area contributed by atoms with E-state index < -0.39 is 67.6 Å². The molecule has 3 aromatic carbocycles. The van der Waals surface area contributed by atoms with Crippen molar-refractivity contribution in [3.05, 3.63) is 96.0 Å². The van der Waals surface area contributed by atoms with E-state index in [0.717, 1.165) is 17.3 Å². The van der Waals surface area contributed by atoms with Gasteiger partial charge in [-0.05, 0) is 60.4 Å². The van der Waals surface area contributed by atoms with Crippen LogP contribution in [-0.2, 0) is 33.0 Å². The van der Waals surface area contributed by atoms with Gasteiger partial charge in [0, 0.05) is 23.6 Å². The SMILES string of the molecule is CC(=O)OC[C@H](NC(=O)c1csc(-c2ccc(NC(=O)OC(C)(C)C)cc2)n1)C(=O)OC(=O)[C@@H](N)CO[Si](c1ccccc1)(c1ccccc1)C(C)(C)C. The molecule has 0 saturated heterocycles. The van der Waals surface area contributed by atoms with Gasteiger partial charge in [-0.1, -0.05) is 81.4 Å². The predicted molar refractivity (Wildman–Crippen MR) is 208 cm³/mol. The largest absolute Gasteiger partial charge is 0.463 e. The number of anilines is 1. The van der Waals surface area contributed by atoms with Crippen molar-refractivity contribution in [2.45, 2.75) is 71.2 Å². The Morgan fingerprint density at radius 1 is 0.815 bits per heavy atom.